The highest BCUT2D eigenvalue weighted by atomic mass is 16.5. The van der Waals surface area contributed by atoms with Crippen LogP contribution in [0.2, 0.25) is 0 Å². The monoisotopic (exact) mass is 476 g/mol. The maximum absolute atomic E-state index is 6.26. The van der Waals surface area contributed by atoms with Crippen molar-refractivity contribution in [2.75, 3.05) is 0 Å². The molecule has 0 N–H and O–H groups in total. The van der Waals surface area contributed by atoms with Crippen LogP contribution in [0.15, 0.2) is 103 Å². The summed E-state index contributed by atoms with van der Waals surface area (Å²) in [5, 5.41) is 0. The molecule has 0 unspecified atom stereocenters. The lowest BCUT2D eigenvalue weighted by molar-refractivity contribution is 0.305. The van der Waals surface area contributed by atoms with Gasteiger partial charge in [-0.15, -0.1) is 0 Å². The molecule has 0 aromatic heterocycles. The van der Waals surface area contributed by atoms with Crippen LogP contribution in [0.4, 0.5) is 0 Å². The smallest absolute Gasteiger partial charge is 0.127 e. The fourth-order valence-corrected chi connectivity index (χ4v) is 4.17. The number of aryl methyl sites for hydroxylation is 1. The third-order valence-corrected chi connectivity index (χ3v) is 6.23. The van der Waals surface area contributed by atoms with Crippen LogP contribution in [-0.2, 0) is 19.6 Å². The van der Waals surface area contributed by atoms with E-state index in [9.17, 15) is 0 Å². The molecule has 0 heterocycles. The highest BCUT2D eigenvalue weighted by molar-refractivity contribution is 5.75. The molecule has 0 aliphatic heterocycles. The van der Waals surface area contributed by atoms with Gasteiger partial charge in [0.25, 0.3) is 0 Å². The minimum absolute atomic E-state index is 0.546. The molecule has 0 fully saturated rings. The Labute approximate surface area is 216 Å². The summed E-state index contributed by atoms with van der Waals surface area (Å²) in [6.45, 7) is 3.35. The van der Waals surface area contributed by atoms with E-state index >= 15 is 0 Å². The predicted octanol–water partition coefficient (Wildman–Crippen LogP) is 9.14. The average Bonchev–Trinajstić information content (AvgIpc) is 2.94. The molecule has 4 aromatic carbocycles. The van der Waals surface area contributed by atoms with Gasteiger partial charge >= 0.3 is 0 Å². The number of hydrogen-bond donors (Lipinski definition) is 0. The molecule has 0 amide bonds. The van der Waals surface area contributed by atoms with Crippen LogP contribution in [0.1, 0.15) is 60.4 Å². The van der Waals surface area contributed by atoms with Gasteiger partial charge in [-0.3, -0.25) is 0 Å². The van der Waals surface area contributed by atoms with E-state index in [0.29, 0.717) is 13.2 Å². The van der Waals surface area contributed by atoms with Gasteiger partial charge in [-0.05, 0) is 47.7 Å². The first-order chi connectivity index (χ1) is 17.8. The van der Waals surface area contributed by atoms with Crippen molar-refractivity contribution < 1.29 is 9.47 Å². The van der Waals surface area contributed by atoms with Crippen molar-refractivity contribution in [3.63, 3.8) is 0 Å². The van der Waals surface area contributed by atoms with Gasteiger partial charge in [0.1, 0.15) is 24.7 Å². The number of hydrogen-bond acceptors (Lipinski definition) is 2. The molecule has 0 spiro atoms. The van der Waals surface area contributed by atoms with E-state index < -0.39 is 0 Å². The van der Waals surface area contributed by atoms with Crippen molar-refractivity contribution in [3.05, 3.63) is 131 Å². The molecule has 4 rings (SSSR count). The topological polar surface area (TPSA) is 18.5 Å². The van der Waals surface area contributed by atoms with Crippen molar-refractivity contribution in [1.29, 1.82) is 0 Å². The third kappa shape index (κ3) is 7.88. The van der Waals surface area contributed by atoms with Gasteiger partial charge in [0.05, 0.1) is 0 Å². The summed E-state index contributed by atoms with van der Waals surface area (Å²) in [5.41, 5.74) is 5.82. The predicted molar refractivity (Wildman–Crippen MR) is 151 cm³/mol. The summed E-state index contributed by atoms with van der Waals surface area (Å²) in [7, 11) is 0. The zero-order valence-corrected chi connectivity index (χ0v) is 21.2. The normalized spacial score (nSPS) is 11.0. The molecule has 0 bridgehead atoms. The second kappa shape index (κ2) is 13.9. The zero-order chi connectivity index (χ0) is 24.8. The van der Waals surface area contributed by atoms with E-state index in [1.54, 1.807) is 0 Å². The summed E-state index contributed by atoms with van der Waals surface area (Å²) in [5.74, 6) is 1.77. The first kappa shape index (κ1) is 25.3. The summed E-state index contributed by atoms with van der Waals surface area (Å²) in [6.07, 6.45) is 10.4. The van der Waals surface area contributed by atoms with E-state index in [4.69, 9.17) is 9.47 Å². The SMILES string of the molecule is CCCCCCc1ccc(OCc2ccccc2)c(/C=C/c2ccccc2OCc2ccccc2)c1. The fraction of sp³-hybridized carbons (Fsp3) is 0.235. The van der Waals surface area contributed by atoms with Crippen LogP contribution >= 0.6 is 0 Å². The van der Waals surface area contributed by atoms with Gasteiger partial charge in [0.15, 0.2) is 0 Å². The molecular weight excluding hydrogens is 440 g/mol. The molecule has 0 saturated heterocycles. The van der Waals surface area contributed by atoms with E-state index in [2.05, 4.69) is 67.6 Å². The maximum atomic E-state index is 6.26. The lowest BCUT2D eigenvalue weighted by Gasteiger charge is -2.12. The van der Waals surface area contributed by atoms with E-state index in [-0.39, 0.29) is 0 Å². The summed E-state index contributed by atoms with van der Waals surface area (Å²) >= 11 is 0. The standard InChI is InChI=1S/C34H36O2/c1-2-3-4-7-14-28-21-24-34(36-27-30-17-10-6-11-18-30)32(25-28)23-22-31-19-12-13-20-33(31)35-26-29-15-8-5-9-16-29/h5-6,8-13,15-25H,2-4,7,14,26-27H2,1H3/b23-22+. The highest BCUT2D eigenvalue weighted by Gasteiger charge is 2.06. The van der Waals surface area contributed by atoms with Crippen molar-refractivity contribution in [2.45, 2.75) is 52.2 Å². The van der Waals surface area contributed by atoms with E-state index in [1.807, 2.05) is 54.6 Å². The largest absolute Gasteiger partial charge is 0.488 e. The maximum Gasteiger partial charge on any atom is 0.127 e. The van der Waals surface area contributed by atoms with Crippen molar-refractivity contribution in [3.8, 4) is 11.5 Å². The molecule has 4 aromatic rings. The number of unbranched alkanes of at least 4 members (excludes halogenated alkanes) is 3. The Balaban J connectivity index is 1.52. The molecule has 0 atom stereocenters. The van der Waals surface area contributed by atoms with Gasteiger partial charge in [0.2, 0.25) is 0 Å². The summed E-state index contributed by atoms with van der Waals surface area (Å²) < 4.78 is 12.4. The molecule has 0 saturated carbocycles. The average molecular weight is 477 g/mol. The van der Waals surface area contributed by atoms with Crippen LogP contribution in [-0.4, -0.2) is 0 Å². The van der Waals surface area contributed by atoms with Crippen molar-refractivity contribution in [1.82, 2.24) is 0 Å². The Morgan fingerprint density at radius 1 is 0.528 bits per heavy atom. The van der Waals surface area contributed by atoms with Gasteiger partial charge in [0, 0.05) is 11.1 Å². The molecule has 2 nitrogen and oxygen atoms in total. The second-order valence-corrected chi connectivity index (χ2v) is 9.10. The molecule has 184 valence electrons. The Bertz CT molecular complexity index is 1210. The van der Waals surface area contributed by atoms with Gasteiger partial charge < -0.3 is 9.47 Å². The van der Waals surface area contributed by atoms with Crippen LogP contribution in [0.3, 0.4) is 0 Å². The molecule has 0 aliphatic carbocycles. The first-order valence-corrected chi connectivity index (χ1v) is 13.1. The number of benzene rings is 4. The quantitative estimate of drug-likeness (QED) is 0.141. The zero-order valence-electron chi connectivity index (χ0n) is 21.2. The molecule has 2 heteroatoms. The number of rotatable bonds is 13. The Morgan fingerprint density at radius 2 is 1.11 bits per heavy atom. The third-order valence-electron chi connectivity index (χ3n) is 6.23. The lowest BCUT2D eigenvalue weighted by atomic mass is 10.0. The van der Waals surface area contributed by atoms with Gasteiger partial charge in [-0.2, -0.15) is 0 Å². The summed E-state index contributed by atoms with van der Waals surface area (Å²) in [6, 6.07) is 35.4. The Morgan fingerprint density at radius 3 is 1.78 bits per heavy atom. The summed E-state index contributed by atoms with van der Waals surface area (Å²) in [4.78, 5) is 0. The molecular formula is C34H36O2. The molecule has 36 heavy (non-hydrogen) atoms. The van der Waals surface area contributed by atoms with Crippen LogP contribution in [0, 0.1) is 0 Å². The van der Waals surface area contributed by atoms with Crippen molar-refractivity contribution >= 4 is 12.2 Å². The highest BCUT2D eigenvalue weighted by Crippen LogP contribution is 2.27. The van der Waals surface area contributed by atoms with Gasteiger partial charge in [-0.1, -0.05) is 123 Å². The first-order valence-electron chi connectivity index (χ1n) is 13.1. The minimum Gasteiger partial charge on any atom is -0.488 e. The van der Waals surface area contributed by atoms with Crippen LogP contribution in [0.5, 0.6) is 11.5 Å². The fourth-order valence-electron chi connectivity index (χ4n) is 4.17. The number of ether oxygens (including phenoxy) is 2. The van der Waals surface area contributed by atoms with Crippen LogP contribution in [0.25, 0.3) is 12.2 Å². The second-order valence-electron chi connectivity index (χ2n) is 9.10. The molecule has 0 radical (unpaired) electrons. The van der Waals surface area contributed by atoms with E-state index in [1.165, 1.54) is 31.2 Å². The number of para-hydroxylation sites is 1. The lowest BCUT2D eigenvalue weighted by Crippen LogP contribution is -1.98. The Hall–Kier alpha value is -3.78. The minimum atomic E-state index is 0.546. The van der Waals surface area contributed by atoms with Gasteiger partial charge in [-0.25, -0.2) is 0 Å². The van der Waals surface area contributed by atoms with Crippen molar-refractivity contribution in [2.24, 2.45) is 0 Å². The molecule has 0 aliphatic rings. The Kier molecular flexibility index (Phi) is 9.81. The van der Waals surface area contributed by atoms with E-state index in [0.717, 1.165) is 40.2 Å². The van der Waals surface area contributed by atoms with Crippen LogP contribution < -0.4 is 9.47 Å².